The van der Waals surface area contributed by atoms with Crippen molar-refractivity contribution in [1.82, 2.24) is 30.0 Å². The maximum atomic E-state index is 13.8. The van der Waals surface area contributed by atoms with Crippen LogP contribution in [0.25, 0.3) is 22.3 Å². The number of hydrogen-bond donors (Lipinski definition) is 1. The number of H-pyrrole nitrogens is 1. The Balaban J connectivity index is 1.39. The maximum absolute atomic E-state index is 13.8. The molecule has 8 heteroatoms. The normalized spacial score (nSPS) is 17.4. The van der Waals surface area contributed by atoms with E-state index in [0.717, 1.165) is 59.5 Å². The molecule has 3 aromatic heterocycles. The Morgan fingerprint density at radius 3 is 3.03 bits per heavy atom. The van der Waals surface area contributed by atoms with Gasteiger partial charge < -0.3 is 9.51 Å². The third kappa shape index (κ3) is 3.29. The van der Waals surface area contributed by atoms with Gasteiger partial charge in [-0.15, -0.1) is 0 Å². The molecule has 1 saturated heterocycles. The van der Waals surface area contributed by atoms with Crippen LogP contribution in [-0.2, 0) is 6.54 Å². The van der Waals surface area contributed by atoms with Gasteiger partial charge in [0.2, 0.25) is 11.7 Å². The molecule has 0 amide bonds. The fourth-order valence-electron chi connectivity index (χ4n) is 4.23. The lowest BCUT2D eigenvalue weighted by atomic mass is 10.00. The highest BCUT2D eigenvalue weighted by molar-refractivity contribution is 5.84. The standard InChI is InChI=1S/C21H21FN6O/c1-12-18(16-7-15(22)3-4-19(16)25-12)10-28-6-5-14(9-28)20-17(8-23-11-24-20)21-26-13(2)29-27-21/h3-4,7-8,11,14,25H,5-6,9-10H2,1-2H3/t14-/m0/s1. The van der Waals surface area contributed by atoms with Crippen molar-refractivity contribution in [2.45, 2.75) is 32.7 Å². The summed E-state index contributed by atoms with van der Waals surface area (Å²) in [4.78, 5) is 18.8. The fraction of sp³-hybridized carbons (Fsp3) is 0.333. The molecule has 0 spiro atoms. The van der Waals surface area contributed by atoms with Crippen LogP contribution < -0.4 is 0 Å². The van der Waals surface area contributed by atoms with Crippen LogP contribution in [0.3, 0.4) is 0 Å². The summed E-state index contributed by atoms with van der Waals surface area (Å²) in [6.07, 6.45) is 4.31. The van der Waals surface area contributed by atoms with Crippen molar-refractivity contribution in [1.29, 1.82) is 0 Å². The summed E-state index contributed by atoms with van der Waals surface area (Å²) in [6, 6.07) is 4.90. The molecule has 1 aromatic carbocycles. The second-order valence-electron chi connectivity index (χ2n) is 7.60. The van der Waals surface area contributed by atoms with Crippen molar-refractivity contribution in [3.63, 3.8) is 0 Å². The van der Waals surface area contributed by atoms with Gasteiger partial charge in [0.25, 0.3) is 0 Å². The number of fused-ring (bicyclic) bond motifs is 1. The van der Waals surface area contributed by atoms with Crippen molar-refractivity contribution in [3.8, 4) is 11.4 Å². The summed E-state index contributed by atoms with van der Waals surface area (Å²) < 4.78 is 18.9. The van der Waals surface area contributed by atoms with Gasteiger partial charge in [-0.05, 0) is 43.7 Å². The minimum atomic E-state index is -0.210. The van der Waals surface area contributed by atoms with Crippen LogP contribution in [0, 0.1) is 19.7 Å². The third-order valence-corrected chi connectivity index (χ3v) is 5.63. The molecular weight excluding hydrogens is 371 g/mol. The number of likely N-dealkylation sites (tertiary alicyclic amines) is 1. The van der Waals surface area contributed by atoms with Crippen LogP contribution in [-0.4, -0.2) is 43.1 Å². The largest absolute Gasteiger partial charge is 0.358 e. The monoisotopic (exact) mass is 392 g/mol. The smallest absolute Gasteiger partial charge is 0.223 e. The molecule has 1 atom stereocenters. The van der Waals surface area contributed by atoms with Gasteiger partial charge >= 0.3 is 0 Å². The van der Waals surface area contributed by atoms with E-state index in [-0.39, 0.29) is 11.7 Å². The molecule has 7 nitrogen and oxygen atoms in total. The van der Waals surface area contributed by atoms with Gasteiger partial charge in [0.05, 0.1) is 11.3 Å². The zero-order chi connectivity index (χ0) is 20.0. The molecular formula is C21H21FN6O. The van der Waals surface area contributed by atoms with E-state index in [1.165, 1.54) is 6.07 Å². The Hall–Kier alpha value is -3.13. The molecule has 4 aromatic rings. The van der Waals surface area contributed by atoms with Gasteiger partial charge in [-0.3, -0.25) is 4.90 Å². The molecule has 0 aliphatic carbocycles. The lowest BCUT2D eigenvalue weighted by Crippen LogP contribution is -2.20. The molecule has 29 heavy (non-hydrogen) atoms. The van der Waals surface area contributed by atoms with Gasteiger partial charge in [0.15, 0.2) is 0 Å². The lowest BCUT2D eigenvalue weighted by Gasteiger charge is -2.17. The van der Waals surface area contributed by atoms with Crippen LogP contribution in [0.1, 0.15) is 35.2 Å². The van der Waals surface area contributed by atoms with Crippen molar-refractivity contribution in [2.24, 2.45) is 0 Å². The van der Waals surface area contributed by atoms with E-state index in [0.29, 0.717) is 11.7 Å². The number of halogens is 1. The van der Waals surface area contributed by atoms with Gasteiger partial charge in [0, 0.05) is 48.7 Å². The number of aryl methyl sites for hydroxylation is 2. The molecule has 1 N–H and O–H groups in total. The van der Waals surface area contributed by atoms with Crippen molar-refractivity contribution >= 4 is 10.9 Å². The molecule has 4 heterocycles. The Morgan fingerprint density at radius 2 is 2.21 bits per heavy atom. The third-order valence-electron chi connectivity index (χ3n) is 5.63. The molecule has 1 aliphatic heterocycles. The van der Waals surface area contributed by atoms with Gasteiger partial charge in [-0.1, -0.05) is 5.16 Å². The molecule has 0 saturated carbocycles. The number of aromatic nitrogens is 5. The quantitative estimate of drug-likeness (QED) is 0.569. The minimum absolute atomic E-state index is 0.210. The van der Waals surface area contributed by atoms with Crippen LogP contribution in [0.15, 0.2) is 35.2 Å². The minimum Gasteiger partial charge on any atom is -0.358 e. The highest BCUT2D eigenvalue weighted by Crippen LogP contribution is 2.33. The van der Waals surface area contributed by atoms with E-state index in [4.69, 9.17) is 4.52 Å². The molecule has 1 fully saturated rings. The summed E-state index contributed by atoms with van der Waals surface area (Å²) in [6.45, 7) is 6.39. The van der Waals surface area contributed by atoms with E-state index in [1.807, 2.05) is 6.92 Å². The summed E-state index contributed by atoms with van der Waals surface area (Å²) in [7, 11) is 0. The number of benzene rings is 1. The number of rotatable bonds is 4. The predicted octanol–water partition coefficient (Wildman–Crippen LogP) is 3.75. The highest BCUT2D eigenvalue weighted by Gasteiger charge is 2.29. The predicted molar refractivity (Wildman–Crippen MR) is 106 cm³/mol. The first-order valence-corrected chi connectivity index (χ1v) is 9.68. The fourth-order valence-corrected chi connectivity index (χ4v) is 4.23. The summed E-state index contributed by atoms with van der Waals surface area (Å²) >= 11 is 0. The topological polar surface area (TPSA) is 83.7 Å². The Labute approximate surface area is 167 Å². The average molecular weight is 392 g/mol. The number of nitrogens with one attached hydrogen (secondary N) is 1. The van der Waals surface area contributed by atoms with E-state index < -0.39 is 0 Å². The second-order valence-corrected chi connectivity index (χ2v) is 7.60. The Morgan fingerprint density at radius 1 is 1.31 bits per heavy atom. The second kappa shape index (κ2) is 7.04. The van der Waals surface area contributed by atoms with Gasteiger partial charge in [-0.25, -0.2) is 14.4 Å². The molecule has 0 unspecified atom stereocenters. The zero-order valence-electron chi connectivity index (χ0n) is 16.3. The SMILES string of the molecule is Cc1nc(-c2cncnc2[C@H]2CCN(Cc3c(C)[nH]c4ccc(F)cc34)C2)no1. The van der Waals surface area contributed by atoms with E-state index >= 15 is 0 Å². The average Bonchev–Trinajstić information content (AvgIpc) is 3.43. The molecule has 1 aliphatic rings. The van der Waals surface area contributed by atoms with Crippen molar-refractivity contribution in [2.75, 3.05) is 13.1 Å². The zero-order valence-corrected chi connectivity index (χ0v) is 16.3. The Bertz CT molecular complexity index is 1180. The van der Waals surface area contributed by atoms with Gasteiger partial charge in [-0.2, -0.15) is 4.98 Å². The lowest BCUT2D eigenvalue weighted by molar-refractivity contribution is 0.327. The molecule has 5 rings (SSSR count). The van der Waals surface area contributed by atoms with Crippen LogP contribution in [0.5, 0.6) is 0 Å². The summed E-state index contributed by atoms with van der Waals surface area (Å²) in [5, 5.41) is 4.99. The van der Waals surface area contributed by atoms with E-state index in [2.05, 4.69) is 30.0 Å². The highest BCUT2D eigenvalue weighted by atomic mass is 19.1. The van der Waals surface area contributed by atoms with E-state index in [9.17, 15) is 4.39 Å². The first-order chi connectivity index (χ1) is 14.1. The van der Waals surface area contributed by atoms with Crippen LogP contribution in [0.4, 0.5) is 4.39 Å². The van der Waals surface area contributed by atoms with Crippen molar-refractivity contribution in [3.05, 3.63) is 59.4 Å². The maximum Gasteiger partial charge on any atom is 0.223 e. The first kappa shape index (κ1) is 17.9. The van der Waals surface area contributed by atoms with Crippen LogP contribution in [0.2, 0.25) is 0 Å². The van der Waals surface area contributed by atoms with Gasteiger partial charge in [0.1, 0.15) is 12.1 Å². The molecule has 0 bridgehead atoms. The summed E-state index contributed by atoms with van der Waals surface area (Å²) in [5.74, 6) is 1.09. The first-order valence-electron chi connectivity index (χ1n) is 9.68. The number of hydrogen-bond acceptors (Lipinski definition) is 6. The van der Waals surface area contributed by atoms with Crippen LogP contribution >= 0.6 is 0 Å². The van der Waals surface area contributed by atoms with E-state index in [1.54, 1.807) is 31.6 Å². The number of nitrogens with zero attached hydrogens (tertiary/aromatic N) is 5. The molecule has 0 radical (unpaired) electrons. The van der Waals surface area contributed by atoms with Crippen molar-refractivity contribution < 1.29 is 8.91 Å². The molecule has 148 valence electrons. The number of aromatic amines is 1. The summed E-state index contributed by atoms with van der Waals surface area (Å²) in [5.41, 5.74) is 4.97. The Kier molecular flexibility index (Phi) is 4.35.